The monoisotopic (exact) mass is 290 g/mol. The summed E-state index contributed by atoms with van der Waals surface area (Å²) in [4.78, 5) is 34.3. The molecule has 8 nitrogen and oxygen atoms in total. The number of hydrogen-bond donors (Lipinski definition) is 3. The normalized spacial score (nSPS) is 13.1. The third kappa shape index (κ3) is 2.12. The van der Waals surface area contributed by atoms with Crippen LogP contribution in [0.25, 0.3) is 0 Å². The Balaban J connectivity index is 1.94. The Hall–Kier alpha value is -2.74. The Kier molecular flexibility index (Phi) is 2.72. The quantitative estimate of drug-likeness (QED) is 0.697. The molecule has 1 aliphatic rings. The maximum Gasteiger partial charge on any atom is 0.259 e. The largest absolute Gasteiger partial charge is 0.368 e. The molecule has 0 unspecified atom stereocenters. The molecule has 2 heterocycles. The van der Waals surface area contributed by atoms with E-state index in [0.29, 0.717) is 11.3 Å². The van der Waals surface area contributed by atoms with Crippen molar-refractivity contribution in [3.05, 3.63) is 34.6 Å². The van der Waals surface area contributed by atoms with Crippen LogP contribution in [0, 0.1) is 0 Å². The van der Waals surface area contributed by atoms with Crippen molar-refractivity contribution < 1.29 is 9.59 Å². The SMILES string of the molecule is Nc1nc(Cl)nc(Nc2ccc3c(c2)C(=O)NC3=O)n1. The number of nitrogens with zero attached hydrogens (tertiary/aromatic N) is 3. The Morgan fingerprint density at radius 2 is 1.85 bits per heavy atom. The van der Waals surface area contributed by atoms with Crippen molar-refractivity contribution in [3.63, 3.8) is 0 Å². The standard InChI is InChI=1S/C11H7ClN6O2/c12-9-16-10(13)18-11(17-9)14-4-1-2-5-6(3-4)8(20)15-7(5)19/h1-3H,(H,15,19,20)(H3,13,14,16,17,18). The summed E-state index contributed by atoms with van der Waals surface area (Å²) in [6.45, 7) is 0. The van der Waals surface area contributed by atoms with Crippen LogP contribution >= 0.6 is 11.6 Å². The summed E-state index contributed by atoms with van der Waals surface area (Å²) in [5, 5.41) is 4.99. The number of nitrogen functional groups attached to an aromatic ring is 1. The number of rotatable bonds is 2. The number of fused-ring (bicyclic) bond motifs is 1. The van der Waals surface area contributed by atoms with Crippen LogP contribution < -0.4 is 16.4 Å². The highest BCUT2D eigenvalue weighted by atomic mass is 35.5. The zero-order valence-corrected chi connectivity index (χ0v) is 10.6. The smallest absolute Gasteiger partial charge is 0.259 e. The van der Waals surface area contributed by atoms with Gasteiger partial charge in [0.15, 0.2) is 0 Å². The van der Waals surface area contributed by atoms with Gasteiger partial charge in [-0.05, 0) is 29.8 Å². The Morgan fingerprint density at radius 3 is 2.60 bits per heavy atom. The lowest BCUT2D eigenvalue weighted by atomic mass is 10.1. The van der Waals surface area contributed by atoms with Crippen molar-refractivity contribution >= 4 is 41.0 Å². The number of aromatic nitrogens is 3. The molecule has 3 rings (SSSR count). The second kappa shape index (κ2) is 4.42. The molecule has 0 saturated heterocycles. The molecule has 20 heavy (non-hydrogen) atoms. The summed E-state index contributed by atoms with van der Waals surface area (Å²) >= 11 is 5.66. The van der Waals surface area contributed by atoms with Gasteiger partial charge in [-0.15, -0.1) is 0 Å². The van der Waals surface area contributed by atoms with Gasteiger partial charge < -0.3 is 11.1 Å². The van der Waals surface area contributed by atoms with Crippen LogP contribution in [0.15, 0.2) is 18.2 Å². The molecule has 0 fully saturated rings. The van der Waals surface area contributed by atoms with Gasteiger partial charge >= 0.3 is 0 Å². The maximum absolute atomic E-state index is 11.5. The summed E-state index contributed by atoms with van der Waals surface area (Å²) in [7, 11) is 0. The molecule has 0 aliphatic carbocycles. The minimum atomic E-state index is -0.443. The van der Waals surface area contributed by atoms with Crippen molar-refractivity contribution in [2.75, 3.05) is 11.1 Å². The number of nitrogens with two attached hydrogens (primary N) is 1. The molecule has 0 atom stereocenters. The number of halogens is 1. The molecule has 1 aromatic heterocycles. The van der Waals surface area contributed by atoms with Crippen LogP contribution in [-0.2, 0) is 0 Å². The molecular formula is C11H7ClN6O2. The lowest BCUT2D eigenvalue weighted by Gasteiger charge is -2.06. The number of carbonyl (C=O) groups is 2. The number of carbonyl (C=O) groups excluding carboxylic acids is 2. The lowest BCUT2D eigenvalue weighted by Crippen LogP contribution is -2.19. The molecule has 9 heteroatoms. The van der Waals surface area contributed by atoms with E-state index in [9.17, 15) is 9.59 Å². The summed E-state index contributed by atoms with van der Waals surface area (Å²) in [5.74, 6) is -0.736. The highest BCUT2D eigenvalue weighted by Crippen LogP contribution is 2.22. The van der Waals surface area contributed by atoms with Gasteiger partial charge in [0, 0.05) is 5.69 Å². The van der Waals surface area contributed by atoms with Crippen LogP contribution in [0.5, 0.6) is 0 Å². The van der Waals surface area contributed by atoms with E-state index in [2.05, 4.69) is 25.6 Å². The highest BCUT2D eigenvalue weighted by molar-refractivity contribution is 6.28. The zero-order chi connectivity index (χ0) is 14.3. The van der Waals surface area contributed by atoms with Gasteiger partial charge in [0.2, 0.25) is 17.2 Å². The first-order valence-corrected chi connectivity index (χ1v) is 5.84. The fourth-order valence-corrected chi connectivity index (χ4v) is 1.96. The van der Waals surface area contributed by atoms with Gasteiger partial charge in [0.1, 0.15) is 0 Å². The number of benzene rings is 1. The molecular weight excluding hydrogens is 284 g/mol. The molecule has 2 aromatic rings. The van der Waals surface area contributed by atoms with Crippen LogP contribution in [0.1, 0.15) is 20.7 Å². The van der Waals surface area contributed by atoms with Gasteiger partial charge in [-0.1, -0.05) is 0 Å². The predicted octanol–water partition coefficient (Wildman–Crippen LogP) is 0.734. The minimum Gasteiger partial charge on any atom is -0.368 e. The average Bonchev–Trinajstić information content (AvgIpc) is 2.63. The Labute approximate surface area is 117 Å². The Morgan fingerprint density at radius 1 is 1.10 bits per heavy atom. The maximum atomic E-state index is 11.5. The molecule has 1 aromatic carbocycles. The van der Waals surface area contributed by atoms with Gasteiger partial charge in [-0.25, -0.2) is 0 Å². The van der Waals surface area contributed by atoms with Crippen molar-refractivity contribution in [1.82, 2.24) is 20.3 Å². The molecule has 4 N–H and O–H groups in total. The summed E-state index contributed by atoms with van der Waals surface area (Å²) in [5.41, 5.74) is 6.58. The van der Waals surface area contributed by atoms with E-state index >= 15 is 0 Å². The molecule has 0 saturated carbocycles. The van der Waals surface area contributed by atoms with Crippen LogP contribution in [-0.4, -0.2) is 26.8 Å². The van der Waals surface area contributed by atoms with Crippen molar-refractivity contribution in [3.8, 4) is 0 Å². The molecule has 1 aliphatic heterocycles. The predicted molar refractivity (Wildman–Crippen MR) is 70.8 cm³/mol. The van der Waals surface area contributed by atoms with E-state index in [1.807, 2.05) is 0 Å². The van der Waals surface area contributed by atoms with Crippen molar-refractivity contribution in [2.24, 2.45) is 0 Å². The summed E-state index contributed by atoms with van der Waals surface area (Å²) in [6, 6.07) is 4.67. The van der Waals surface area contributed by atoms with E-state index in [0.717, 1.165) is 0 Å². The van der Waals surface area contributed by atoms with E-state index in [1.165, 1.54) is 12.1 Å². The van der Waals surface area contributed by atoms with Crippen LogP contribution in [0.4, 0.5) is 17.6 Å². The molecule has 2 amide bonds. The van der Waals surface area contributed by atoms with Crippen LogP contribution in [0.2, 0.25) is 5.28 Å². The first kappa shape index (κ1) is 12.3. The topological polar surface area (TPSA) is 123 Å². The average molecular weight is 291 g/mol. The second-order valence-electron chi connectivity index (χ2n) is 3.95. The lowest BCUT2D eigenvalue weighted by molar-refractivity contribution is 0.0879. The van der Waals surface area contributed by atoms with Crippen molar-refractivity contribution in [2.45, 2.75) is 0 Å². The fourth-order valence-electron chi connectivity index (χ4n) is 1.80. The number of imide groups is 1. The first-order chi connectivity index (χ1) is 9.52. The number of hydrogen-bond acceptors (Lipinski definition) is 7. The fraction of sp³-hybridized carbons (Fsp3) is 0. The molecule has 100 valence electrons. The van der Waals surface area contributed by atoms with Gasteiger partial charge in [0.05, 0.1) is 11.1 Å². The molecule has 0 radical (unpaired) electrons. The molecule has 0 bridgehead atoms. The summed E-state index contributed by atoms with van der Waals surface area (Å²) in [6.07, 6.45) is 0. The third-order valence-electron chi connectivity index (χ3n) is 2.62. The summed E-state index contributed by atoms with van der Waals surface area (Å²) < 4.78 is 0. The Bertz CT molecular complexity index is 727. The van der Waals surface area contributed by atoms with Gasteiger partial charge in [-0.3, -0.25) is 14.9 Å². The van der Waals surface area contributed by atoms with E-state index in [1.54, 1.807) is 6.07 Å². The minimum absolute atomic E-state index is 0.0263. The third-order valence-corrected chi connectivity index (χ3v) is 2.79. The van der Waals surface area contributed by atoms with Crippen molar-refractivity contribution in [1.29, 1.82) is 0 Å². The van der Waals surface area contributed by atoms with Crippen LogP contribution in [0.3, 0.4) is 0 Å². The molecule has 0 spiro atoms. The highest BCUT2D eigenvalue weighted by Gasteiger charge is 2.26. The number of amides is 2. The van der Waals surface area contributed by atoms with Gasteiger partial charge in [0.25, 0.3) is 11.8 Å². The second-order valence-corrected chi connectivity index (χ2v) is 4.29. The zero-order valence-electron chi connectivity index (χ0n) is 9.85. The number of anilines is 3. The number of nitrogens with one attached hydrogen (secondary N) is 2. The first-order valence-electron chi connectivity index (χ1n) is 5.47. The van der Waals surface area contributed by atoms with E-state index in [-0.39, 0.29) is 22.7 Å². The van der Waals surface area contributed by atoms with Gasteiger partial charge in [-0.2, -0.15) is 15.0 Å². The van der Waals surface area contributed by atoms with E-state index in [4.69, 9.17) is 17.3 Å². The van der Waals surface area contributed by atoms with E-state index < -0.39 is 11.8 Å².